The average molecular weight is 572 g/mol. The smallest absolute Gasteiger partial charge is 0.442 e. The molecule has 1 aromatic heterocycles. The summed E-state index contributed by atoms with van der Waals surface area (Å²) >= 11 is 0. The van der Waals surface area contributed by atoms with Gasteiger partial charge in [-0.05, 0) is 26.8 Å². The van der Waals surface area contributed by atoms with Gasteiger partial charge in [0.1, 0.15) is 18.1 Å². The van der Waals surface area contributed by atoms with E-state index in [9.17, 15) is 32.6 Å². The number of aromatic nitrogens is 1. The van der Waals surface area contributed by atoms with Crippen LogP contribution in [0.25, 0.3) is 0 Å². The van der Waals surface area contributed by atoms with Crippen LogP contribution in [-0.4, -0.2) is 53.6 Å². The molecule has 2 aliphatic heterocycles. The van der Waals surface area contributed by atoms with Crippen LogP contribution in [-0.2, 0) is 23.4 Å². The lowest BCUT2D eigenvalue weighted by atomic mass is 9.98. The van der Waals surface area contributed by atoms with Crippen LogP contribution in [0.2, 0.25) is 0 Å². The van der Waals surface area contributed by atoms with Crippen molar-refractivity contribution in [1.82, 2.24) is 5.16 Å². The van der Waals surface area contributed by atoms with Crippen molar-refractivity contribution in [2.24, 2.45) is 5.41 Å². The van der Waals surface area contributed by atoms with Crippen LogP contribution in [0.15, 0.2) is 35.2 Å². The molecule has 0 bridgehead atoms. The molecule has 2 aromatic rings. The van der Waals surface area contributed by atoms with Crippen LogP contribution in [0.3, 0.4) is 0 Å². The van der Waals surface area contributed by atoms with Gasteiger partial charge in [0.05, 0.1) is 24.2 Å². The third kappa shape index (κ3) is 5.78. The van der Waals surface area contributed by atoms with Crippen molar-refractivity contribution in [3.05, 3.63) is 48.1 Å². The Hall–Kier alpha value is -3.84. The van der Waals surface area contributed by atoms with E-state index in [1.807, 2.05) is 0 Å². The highest BCUT2D eigenvalue weighted by molar-refractivity contribution is 7.55. The lowest BCUT2D eigenvalue weighted by molar-refractivity contribution is -0.143. The summed E-state index contributed by atoms with van der Waals surface area (Å²) in [7, 11) is -4.94. The maximum atomic E-state index is 15.1. The maximum absolute atomic E-state index is 15.1. The van der Waals surface area contributed by atoms with Gasteiger partial charge in [-0.2, -0.15) is 0 Å². The van der Waals surface area contributed by atoms with Crippen LogP contribution in [0, 0.1) is 22.9 Å². The van der Waals surface area contributed by atoms with Gasteiger partial charge in [0.25, 0.3) is 0 Å². The number of nitrogens with zero attached hydrogens (tertiary/aromatic N) is 4. The monoisotopic (exact) mass is 572 g/mol. The average Bonchev–Trinajstić information content (AvgIpc) is 3.50. The molecule has 1 amide bonds. The van der Waals surface area contributed by atoms with E-state index < -0.39 is 73.2 Å². The van der Waals surface area contributed by atoms with Crippen molar-refractivity contribution in [1.29, 1.82) is 0 Å². The highest BCUT2D eigenvalue weighted by atomic mass is 31.2. The highest BCUT2D eigenvalue weighted by Gasteiger charge is 2.44. The standard InChI is InChI=1S/C23H24F3N4O8P/c1-23(2,3)21(32)38-39(34,35)30(17-6-9-36-27-17)12-14-11-29(22(33)37-14)16-10-15(24)20(19(26)18(16)25)28-7-4-13(31)5-8-28/h4,6-7,9-10,14H,5,8,11-12H2,1-3H3,(H,34,35)/t14-/m1/s1. The zero-order chi connectivity index (χ0) is 28.7. The SMILES string of the molecule is CC(C)(C)C(=O)OP(=O)(O)N(C[C@H]1CN(c2cc(F)c(N3C=CC(=O)CC3)c(F)c2F)C(=O)O1)c1ccon1. The number of carbonyl (C=O) groups excluding carboxylic acids is 3. The molecule has 1 unspecified atom stereocenters. The largest absolute Gasteiger partial charge is 0.490 e. The Balaban J connectivity index is 1.58. The maximum Gasteiger partial charge on any atom is 0.490 e. The molecule has 1 N–H and O–H groups in total. The Labute approximate surface area is 220 Å². The van der Waals surface area contributed by atoms with Crippen molar-refractivity contribution in [3.63, 3.8) is 0 Å². The zero-order valence-electron chi connectivity index (χ0n) is 21.0. The number of amides is 1. The van der Waals surface area contributed by atoms with Gasteiger partial charge >= 0.3 is 19.8 Å². The highest BCUT2D eigenvalue weighted by Crippen LogP contribution is 2.50. The third-order valence-corrected chi connectivity index (χ3v) is 7.17. The number of ether oxygens (including phenoxy) is 1. The van der Waals surface area contributed by atoms with Gasteiger partial charge in [-0.25, -0.2) is 27.2 Å². The van der Waals surface area contributed by atoms with Crippen LogP contribution < -0.4 is 14.5 Å². The molecule has 1 fully saturated rings. The fraction of sp³-hybridized carbons (Fsp3) is 0.391. The number of benzene rings is 1. The van der Waals surface area contributed by atoms with Crippen molar-refractivity contribution < 1.29 is 50.8 Å². The van der Waals surface area contributed by atoms with Crippen molar-refractivity contribution in [3.8, 4) is 0 Å². The van der Waals surface area contributed by atoms with E-state index in [-0.39, 0.29) is 24.6 Å². The summed E-state index contributed by atoms with van der Waals surface area (Å²) in [6, 6.07) is 1.80. The summed E-state index contributed by atoms with van der Waals surface area (Å²) in [6.07, 6.45) is 0.843. The Kier molecular flexibility index (Phi) is 7.50. The third-order valence-electron chi connectivity index (χ3n) is 5.79. The summed E-state index contributed by atoms with van der Waals surface area (Å²) in [5.74, 6) is -5.83. The van der Waals surface area contributed by atoms with E-state index in [0.29, 0.717) is 15.6 Å². The molecule has 0 aliphatic carbocycles. The number of halogens is 3. The van der Waals surface area contributed by atoms with E-state index >= 15 is 4.39 Å². The second-order valence-corrected chi connectivity index (χ2v) is 11.4. The number of allylic oxidation sites excluding steroid dienone is 1. The lowest BCUT2D eigenvalue weighted by Gasteiger charge is -2.29. The molecule has 4 rings (SSSR count). The van der Waals surface area contributed by atoms with Crippen molar-refractivity contribution >= 4 is 42.8 Å². The Morgan fingerprint density at radius 2 is 2.00 bits per heavy atom. The predicted octanol–water partition coefficient (Wildman–Crippen LogP) is 3.91. The van der Waals surface area contributed by atoms with Crippen molar-refractivity contribution in [2.75, 3.05) is 34.1 Å². The Morgan fingerprint density at radius 3 is 2.59 bits per heavy atom. The molecular weight excluding hydrogens is 548 g/mol. The molecule has 39 heavy (non-hydrogen) atoms. The lowest BCUT2D eigenvalue weighted by Crippen LogP contribution is -2.35. The van der Waals surface area contributed by atoms with E-state index in [1.54, 1.807) is 0 Å². The number of hydrogen-bond acceptors (Lipinski definition) is 9. The minimum atomic E-state index is -4.94. The fourth-order valence-corrected chi connectivity index (χ4v) is 5.09. The minimum Gasteiger partial charge on any atom is -0.442 e. The molecule has 3 heterocycles. The summed E-state index contributed by atoms with van der Waals surface area (Å²) in [5.41, 5.74) is -2.64. The topological polar surface area (TPSA) is 143 Å². The molecule has 0 spiro atoms. The molecule has 0 saturated carbocycles. The Bertz CT molecular complexity index is 1380. The van der Waals surface area contributed by atoms with E-state index in [0.717, 1.165) is 23.4 Å². The van der Waals surface area contributed by atoms with Gasteiger partial charge in [0.15, 0.2) is 29.1 Å². The Morgan fingerprint density at radius 1 is 1.28 bits per heavy atom. The number of ketones is 1. The van der Waals surface area contributed by atoms with Crippen molar-refractivity contribution in [2.45, 2.75) is 33.3 Å². The van der Waals surface area contributed by atoms with E-state index in [2.05, 4.69) is 5.16 Å². The first-order valence-corrected chi connectivity index (χ1v) is 13.1. The molecular formula is C23H24F3N4O8P. The number of carbonyl (C=O) groups is 3. The van der Waals surface area contributed by atoms with Gasteiger partial charge in [-0.1, -0.05) is 5.16 Å². The zero-order valence-corrected chi connectivity index (χ0v) is 21.9. The normalized spacial score (nSPS) is 19.2. The second-order valence-electron chi connectivity index (χ2n) is 9.75. The molecule has 2 atom stereocenters. The molecule has 2 aliphatic rings. The van der Waals surface area contributed by atoms with E-state index in [4.69, 9.17) is 13.8 Å². The first-order chi connectivity index (χ1) is 18.2. The fourth-order valence-electron chi connectivity index (χ4n) is 3.75. The number of anilines is 3. The molecule has 12 nitrogen and oxygen atoms in total. The number of hydrogen-bond donors (Lipinski definition) is 1. The molecule has 1 aromatic carbocycles. The molecule has 16 heteroatoms. The van der Waals surface area contributed by atoms with Crippen LogP contribution in [0.4, 0.5) is 35.2 Å². The van der Waals surface area contributed by atoms with Crippen LogP contribution in [0.1, 0.15) is 27.2 Å². The van der Waals surface area contributed by atoms with Gasteiger partial charge in [-0.15, -0.1) is 0 Å². The minimum absolute atomic E-state index is 0.0271. The summed E-state index contributed by atoms with van der Waals surface area (Å²) < 4.78 is 73.4. The van der Waals surface area contributed by atoms with Crippen LogP contribution in [0.5, 0.6) is 0 Å². The van der Waals surface area contributed by atoms with Gasteiger partial charge in [-0.3, -0.25) is 19.4 Å². The first kappa shape index (κ1) is 28.2. The predicted molar refractivity (Wildman–Crippen MR) is 129 cm³/mol. The molecule has 210 valence electrons. The van der Waals surface area contributed by atoms with Gasteiger partial charge in [0, 0.05) is 31.3 Å². The summed E-state index contributed by atoms with van der Waals surface area (Å²) in [5, 5.41) is 3.57. The van der Waals surface area contributed by atoms with Gasteiger partial charge < -0.3 is 18.7 Å². The summed E-state index contributed by atoms with van der Waals surface area (Å²) in [4.78, 5) is 48.5. The summed E-state index contributed by atoms with van der Waals surface area (Å²) in [6.45, 7) is 3.24. The van der Waals surface area contributed by atoms with E-state index in [1.165, 1.54) is 26.8 Å². The second kappa shape index (κ2) is 10.4. The van der Waals surface area contributed by atoms with Gasteiger partial charge in [0.2, 0.25) is 0 Å². The number of cyclic esters (lactones) is 1. The first-order valence-electron chi connectivity index (χ1n) is 11.6. The van der Waals surface area contributed by atoms with Crippen LogP contribution >= 0.6 is 7.75 Å². The molecule has 0 radical (unpaired) electrons. The number of rotatable bonds is 7. The molecule has 1 saturated heterocycles. The quantitative estimate of drug-likeness (QED) is 0.381.